The van der Waals surface area contributed by atoms with E-state index in [-0.39, 0.29) is 18.3 Å². The lowest BCUT2D eigenvalue weighted by molar-refractivity contribution is 0.0884. The number of hydrogen-bond acceptors (Lipinski definition) is 4. The van der Waals surface area contributed by atoms with E-state index in [0.29, 0.717) is 21.2 Å². The van der Waals surface area contributed by atoms with Crippen molar-refractivity contribution in [3.63, 3.8) is 0 Å². The maximum Gasteiger partial charge on any atom is 0.266 e. The number of hydrogen-bond donors (Lipinski definition) is 1. The van der Waals surface area contributed by atoms with Crippen molar-refractivity contribution in [3.05, 3.63) is 51.2 Å². The van der Waals surface area contributed by atoms with Gasteiger partial charge in [0.25, 0.3) is 5.91 Å². The number of ketones is 1. The molecule has 0 aliphatic heterocycles. The first-order chi connectivity index (χ1) is 13.0. The molecule has 6 heteroatoms. The molecule has 1 saturated carbocycles. The molecule has 0 atom stereocenters. The Morgan fingerprint density at radius 1 is 1.19 bits per heavy atom. The lowest BCUT2D eigenvalue weighted by atomic mass is 9.82. The molecular weight excluding hydrogens is 382 g/mol. The SMILES string of the molecule is C#CC1(NC(=O)c2sccc2OCC(=O)c2ccc(Cl)cc2)CCCCC1. The highest BCUT2D eigenvalue weighted by Gasteiger charge is 2.32. The first kappa shape index (κ1) is 19.5. The van der Waals surface area contributed by atoms with Gasteiger partial charge in [-0.1, -0.05) is 36.8 Å². The van der Waals surface area contributed by atoms with E-state index in [4.69, 9.17) is 22.8 Å². The van der Waals surface area contributed by atoms with Crippen LogP contribution in [-0.4, -0.2) is 23.8 Å². The molecule has 1 heterocycles. The summed E-state index contributed by atoms with van der Waals surface area (Å²) in [7, 11) is 0. The Kier molecular flexibility index (Phi) is 6.20. The molecule has 1 aliphatic rings. The number of halogens is 1. The summed E-state index contributed by atoms with van der Waals surface area (Å²) in [6, 6.07) is 8.30. The summed E-state index contributed by atoms with van der Waals surface area (Å²) in [5, 5.41) is 5.33. The van der Waals surface area contributed by atoms with Gasteiger partial charge in [-0.15, -0.1) is 17.8 Å². The second-order valence-corrected chi connectivity index (χ2v) is 7.93. The predicted octanol–water partition coefficient (Wildman–Crippen LogP) is 4.73. The van der Waals surface area contributed by atoms with Crippen LogP contribution in [0.4, 0.5) is 0 Å². The molecule has 140 valence electrons. The average molecular weight is 402 g/mol. The number of carbonyl (C=O) groups is 2. The van der Waals surface area contributed by atoms with Crippen LogP contribution in [0.1, 0.15) is 52.1 Å². The van der Waals surface area contributed by atoms with Crippen LogP contribution in [0.5, 0.6) is 5.75 Å². The Morgan fingerprint density at radius 3 is 2.56 bits per heavy atom. The van der Waals surface area contributed by atoms with Crippen LogP contribution in [0.25, 0.3) is 0 Å². The summed E-state index contributed by atoms with van der Waals surface area (Å²) >= 11 is 7.10. The molecule has 0 spiro atoms. The third kappa shape index (κ3) is 4.71. The molecule has 0 bridgehead atoms. The van der Waals surface area contributed by atoms with E-state index in [2.05, 4.69) is 11.2 Å². The van der Waals surface area contributed by atoms with Gasteiger partial charge in [0.2, 0.25) is 0 Å². The molecule has 3 rings (SSSR count). The highest BCUT2D eigenvalue weighted by atomic mass is 35.5. The molecule has 0 unspecified atom stereocenters. The molecule has 2 aromatic rings. The first-order valence-electron chi connectivity index (χ1n) is 8.82. The number of thiophene rings is 1. The van der Waals surface area contributed by atoms with Gasteiger partial charge in [-0.2, -0.15) is 0 Å². The number of carbonyl (C=O) groups excluding carboxylic acids is 2. The first-order valence-corrected chi connectivity index (χ1v) is 10.1. The summed E-state index contributed by atoms with van der Waals surface area (Å²) in [4.78, 5) is 25.4. The Hall–Kier alpha value is -2.29. The number of ether oxygens (including phenoxy) is 1. The molecule has 27 heavy (non-hydrogen) atoms. The molecule has 1 amide bonds. The van der Waals surface area contributed by atoms with Crippen LogP contribution in [-0.2, 0) is 0 Å². The number of benzene rings is 1. The fraction of sp³-hybridized carbons (Fsp3) is 0.333. The third-order valence-corrected chi connectivity index (χ3v) is 5.84. The molecule has 0 radical (unpaired) electrons. The second kappa shape index (κ2) is 8.60. The van der Waals surface area contributed by atoms with Crippen molar-refractivity contribution in [3.8, 4) is 18.1 Å². The molecule has 1 fully saturated rings. The van der Waals surface area contributed by atoms with Gasteiger partial charge in [0, 0.05) is 10.6 Å². The highest BCUT2D eigenvalue weighted by molar-refractivity contribution is 7.12. The smallest absolute Gasteiger partial charge is 0.266 e. The average Bonchev–Trinajstić information content (AvgIpc) is 3.16. The van der Waals surface area contributed by atoms with Gasteiger partial charge in [-0.25, -0.2) is 0 Å². The van der Waals surface area contributed by atoms with Crippen LogP contribution in [0.2, 0.25) is 5.02 Å². The largest absolute Gasteiger partial charge is 0.484 e. The maximum absolute atomic E-state index is 12.7. The van der Waals surface area contributed by atoms with Gasteiger partial charge in [-0.3, -0.25) is 9.59 Å². The van der Waals surface area contributed by atoms with Gasteiger partial charge in [0.15, 0.2) is 12.4 Å². The van der Waals surface area contributed by atoms with E-state index in [1.165, 1.54) is 11.3 Å². The van der Waals surface area contributed by atoms with Gasteiger partial charge < -0.3 is 10.1 Å². The Morgan fingerprint density at radius 2 is 1.89 bits per heavy atom. The van der Waals surface area contributed by atoms with Crippen molar-refractivity contribution in [1.29, 1.82) is 0 Å². The van der Waals surface area contributed by atoms with Gasteiger partial charge in [0.1, 0.15) is 16.2 Å². The van der Waals surface area contributed by atoms with Crippen molar-refractivity contribution in [1.82, 2.24) is 5.32 Å². The summed E-state index contributed by atoms with van der Waals surface area (Å²) in [6.07, 6.45) is 10.4. The molecule has 0 saturated heterocycles. The zero-order valence-corrected chi connectivity index (χ0v) is 16.4. The summed E-state index contributed by atoms with van der Waals surface area (Å²) in [6.45, 7) is -0.154. The van der Waals surface area contributed by atoms with Crippen molar-refractivity contribution < 1.29 is 14.3 Å². The minimum Gasteiger partial charge on any atom is -0.484 e. The van der Waals surface area contributed by atoms with Crippen molar-refractivity contribution in [2.45, 2.75) is 37.6 Å². The van der Waals surface area contributed by atoms with Gasteiger partial charge in [0.05, 0.1) is 0 Å². The third-order valence-electron chi connectivity index (χ3n) is 4.70. The Balaban J connectivity index is 1.65. The van der Waals surface area contributed by atoms with E-state index in [1.807, 2.05) is 0 Å². The minimum absolute atomic E-state index is 0.154. The quantitative estimate of drug-likeness (QED) is 0.562. The van der Waals surface area contributed by atoms with Crippen molar-refractivity contribution in [2.75, 3.05) is 6.61 Å². The molecule has 1 aromatic heterocycles. The number of Topliss-reactive ketones (excluding diaryl/α,β-unsaturated/α-hetero) is 1. The van der Waals surface area contributed by atoms with E-state index in [0.717, 1.165) is 32.1 Å². The van der Waals surface area contributed by atoms with E-state index >= 15 is 0 Å². The summed E-state index contributed by atoms with van der Waals surface area (Å²) in [5.74, 6) is 2.73. The summed E-state index contributed by atoms with van der Waals surface area (Å²) in [5.41, 5.74) is -0.0791. The van der Waals surface area contributed by atoms with Gasteiger partial charge >= 0.3 is 0 Å². The lowest BCUT2D eigenvalue weighted by Gasteiger charge is -2.33. The lowest BCUT2D eigenvalue weighted by Crippen LogP contribution is -2.48. The fourth-order valence-electron chi connectivity index (χ4n) is 3.17. The summed E-state index contributed by atoms with van der Waals surface area (Å²) < 4.78 is 5.62. The fourth-order valence-corrected chi connectivity index (χ4v) is 4.03. The van der Waals surface area contributed by atoms with Crippen LogP contribution >= 0.6 is 22.9 Å². The molecular formula is C21H20ClNO3S. The topological polar surface area (TPSA) is 55.4 Å². The van der Waals surface area contributed by atoms with Crippen LogP contribution < -0.4 is 10.1 Å². The van der Waals surface area contributed by atoms with E-state index < -0.39 is 5.54 Å². The molecule has 1 N–H and O–H groups in total. The standard InChI is InChI=1S/C21H20ClNO3S/c1-2-21(11-4-3-5-12-21)23-20(25)19-18(10-13-27-19)26-14-17(24)15-6-8-16(22)9-7-15/h1,6-10,13H,3-5,11-12,14H2,(H,23,25). The zero-order chi connectivity index (χ0) is 19.3. The second-order valence-electron chi connectivity index (χ2n) is 6.57. The van der Waals surface area contributed by atoms with Crippen LogP contribution in [0.3, 0.4) is 0 Å². The number of amides is 1. The van der Waals surface area contributed by atoms with Crippen LogP contribution in [0.15, 0.2) is 35.7 Å². The minimum atomic E-state index is -0.588. The Bertz CT molecular complexity index is 860. The number of rotatable bonds is 6. The van der Waals surface area contributed by atoms with Crippen molar-refractivity contribution >= 4 is 34.6 Å². The van der Waals surface area contributed by atoms with E-state index in [1.54, 1.807) is 35.7 Å². The molecule has 1 aromatic carbocycles. The zero-order valence-electron chi connectivity index (χ0n) is 14.8. The van der Waals surface area contributed by atoms with Crippen LogP contribution in [0, 0.1) is 12.3 Å². The highest BCUT2D eigenvalue weighted by Crippen LogP contribution is 2.30. The molecule has 4 nitrogen and oxygen atoms in total. The number of nitrogens with one attached hydrogen (secondary N) is 1. The van der Waals surface area contributed by atoms with E-state index in [9.17, 15) is 9.59 Å². The number of terminal acetylenes is 1. The normalized spacial score (nSPS) is 15.6. The van der Waals surface area contributed by atoms with Gasteiger partial charge in [-0.05, 0) is 48.6 Å². The van der Waals surface area contributed by atoms with Crippen molar-refractivity contribution in [2.24, 2.45) is 0 Å². The predicted molar refractivity (Wildman–Crippen MR) is 108 cm³/mol. The molecule has 1 aliphatic carbocycles. The monoisotopic (exact) mass is 401 g/mol. The maximum atomic E-state index is 12.7. The Labute approximate surface area is 167 Å².